The van der Waals surface area contributed by atoms with E-state index in [0.717, 1.165) is 0 Å². The van der Waals surface area contributed by atoms with Crippen LogP contribution in [0.1, 0.15) is 48.4 Å². The van der Waals surface area contributed by atoms with E-state index in [-0.39, 0.29) is 17.0 Å². The third-order valence-electron chi connectivity index (χ3n) is 4.05. The zero-order chi connectivity index (χ0) is 15.8. The van der Waals surface area contributed by atoms with Crippen LogP contribution in [-0.4, -0.2) is 42.5 Å². The molecule has 1 aliphatic rings. The van der Waals surface area contributed by atoms with Crippen molar-refractivity contribution in [1.82, 2.24) is 10.3 Å². The summed E-state index contributed by atoms with van der Waals surface area (Å²) >= 11 is 0. The molecule has 0 atom stereocenters. The number of hydrogen-bond donors (Lipinski definition) is 1. The summed E-state index contributed by atoms with van der Waals surface area (Å²) in [5, 5.41) is 2.47. The van der Waals surface area contributed by atoms with Gasteiger partial charge in [0.05, 0.1) is 22.4 Å². The molecule has 0 saturated carbocycles. The van der Waals surface area contributed by atoms with Crippen LogP contribution in [0.15, 0.2) is 12.3 Å². The van der Waals surface area contributed by atoms with Gasteiger partial charge in [-0.05, 0) is 33.8 Å². The molecule has 0 aliphatic carbocycles. The monoisotopic (exact) mass is 290 g/mol. The van der Waals surface area contributed by atoms with Gasteiger partial charge in [-0.1, -0.05) is 0 Å². The van der Waals surface area contributed by atoms with E-state index in [1.165, 1.54) is 19.3 Å². The third-order valence-corrected chi connectivity index (χ3v) is 4.05. The Balaban J connectivity index is 2.35. The Kier molecular flexibility index (Phi) is 3.90. The Morgan fingerprint density at radius 2 is 1.86 bits per heavy atom. The lowest BCUT2D eigenvalue weighted by Gasteiger charge is -2.32. The highest BCUT2D eigenvalue weighted by atomic mass is 16.7. The van der Waals surface area contributed by atoms with E-state index >= 15 is 0 Å². The van der Waals surface area contributed by atoms with Crippen LogP contribution in [0.4, 0.5) is 0 Å². The topological polar surface area (TPSA) is 77.5 Å². The maximum absolute atomic E-state index is 11.7. The van der Waals surface area contributed by atoms with Gasteiger partial charge in [-0.3, -0.25) is 14.6 Å². The van der Waals surface area contributed by atoms with Gasteiger partial charge in [0, 0.05) is 18.8 Å². The van der Waals surface area contributed by atoms with Crippen molar-refractivity contribution in [2.45, 2.75) is 38.9 Å². The Bertz CT molecular complexity index is 570. The van der Waals surface area contributed by atoms with E-state index < -0.39 is 18.3 Å². The van der Waals surface area contributed by atoms with E-state index in [4.69, 9.17) is 9.31 Å². The number of rotatable bonds is 3. The van der Waals surface area contributed by atoms with Crippen molar-refractivity contribution in [3.8, 4) is 0 Å². The number of hydrogen-bond acceptors (Lipinski definition) is 5. The van der Waals surface area contributed by atoms with E-state index in [1.807, 2.05) is 27.7 Å². The number of nitrogens with zero attached hydrogens (tertiary/aromatic N) is 1. The molecule has 2 heterocycles. The lowest BCUT2D eigenvalue weighted by molar-refractivity contribution is 0.00578. The van der Waals surface area contributed by atoms with E-state index in [1.54, 1.807) is 0 Å². The fourth-order valence-corrected chi connectivity index (χ4v) is 2.00. The van der Waals surface area contributed by atoms with Crippen molar-refractivity contribution in [1.29, 1.82) is 0 Å². The molecule has 0 unspecified atom stereocenters. The molecule has 1 aromatic heterocycles. The fourth-order valence-electron chi connectivity index (χ4n) is 2.00. The molecule has 21 heavy (non-hydrogen) atoms. The third kappa shape index (κ3) is 2.71. The molecule has 112 valence electrons. The van der Waals surface area contributed by atoms with Gasteiger partial charge >= 0.3 is 7.12 Å². The first-order valence-electron chi connectivity index (χ1n) is 6.74. The van der Waals surface area contributed by atoms with Gasteiger partial charge in [-0.15, -0.1) is 0 Å². The SMILES string of the molecule is CNC(=O)c1cnc(B2OC(C)(C)C(C)(C)O2)cc1C=O. The van der Waals surface area contributed by atoms with Crippen LogP contribution in [0.5, 0.6) is 0 Å². The molecule has 1 aromatic rings. The zero-order valence-corrected chi connectivity index (χ0v) is 12.9. The summed E-state index contributed by atoms with van der Waals surface area (Å²) in [6.07, 6.45) is 1.99. The van der Waals surface area contributed by atoms with E-state index in [9.17, 15) is 9.59 Å². The van der Waals surface area contributed by atoms with E-state index in [0.29, 0.717) is 11.9 Å². The van der Waals surface area contributed by atoms with Crippen molar-refractivity contribution in [2.75, 3.05) is 7.05 Å². The lowest BCUT2D eigenvalue weighted by atomic mass is 9.83. The van der Waals surface area contributed by atoms with Gasteiger partial charge in [0.25, 0.3) is 5.91 Å². The Labute approximate surface area is 124 Å². The highest BCUT2D eigenvalue weighted by Gasteiger charge is 2.52. The zero-order valence-electron chi connectivity index (χ0n) is 12.9. The number of amides is 1. The summed E-state index contributed by atoms with van der Waals surface area (Å²) in [5.74, 6) is -0.356. The minimum atomic E-state index is -0.660. The molecule has 1 fully saturated rings. The Morgan fingerprint density at radius 1 is 1.29 bits per heavy atom. The van der Waals surface area contributed by atoms with Crippen LogP contribution in [0.3, 0.4) is 0 Å². The standard InChI is InChI=1S/C14H19BN2O4/c1-13(2)14(3,4)21-15(20-13)11-6-9(8-18)10(7-17-11)12(19)16-5/h6-8H,1-5H3,(H,16,19). The van der Waals surface area contributed by atoms with Crippen LogP contribution >= 0.6 is 0 Å². The maximum atomic E-state index is 11.7. The number of carbonyl (C=O) groups excluding carboxylic acids is 2. The molecule has 0 radical (unpaired) electrons. The van der Waals surface area contributed by atoms with Crippen LogP contribution in [0, 0.1) is 0 Å². The average molecular weight is 290 g/mol. The molecule has 0 bridgehead atoms. The number of carbonyl (C=O) groups is 2. The number of nitrogens with one attached hydrogen (secondary N) is 1. The second kappa shape index (κ2) is 5.24. The molecule has 1 aliphatic heterocycles. The van der Waals surface area contributed by atoms with Crippen molar-refractivity contribution < 1.29 is 18.9 Å². The molecule has 1 amide bonds. The first-order chi connectivity index (χ1) is 9.71. The van der Waals surface area contributed by atoms with Crippen molar-refractivity contribution in [2.24, 2.45) is 0 Å². The van der Waals surface area contributed by atoms with Gasteiger partial charge < -0.3 is 14.6 Å². The summed E-state index contributed by atoms with van der Waals surface area (Å²) < 4.78 is 11.8. The Morgan fingerprint density at radius 3 is 2.33 bits per heavy atom. The molecule has 0 aromatic carbocycles. The highest BCUT2D eigenvalue weighted by Crippen LogP contribution is 2.36. The Hall–Kier alpha value is -1.73. The van der Waals surface area contributed by atoms with Gasteiger partial charge in [-0.2, -0.15) is 0 Å². The van der Waals surface area contributed by atoms with Crippen molar-refractivity contribution in [3.05, 3.63) is 23.4 Å². The predicted molar refractivity (Wildman–Crippen MR) is 78.7 cm³/mol. The summed E-state index contributed by atoms with van der Waals surface area (Å²) in [4.78, 5) is 27.0. The molecule has 7 heteroatoms. The molecule has 1 saturated heterocycles. The molecular formula is C14H19BN2O4. The van der Waals surface area contributed by atoms with Gasteiger partial charge in [0.15, 0.2) is 6.29 Å². The number of aldehydes is 1. The molecule has 2 rings (SSSR count). The first-order valence-corrected chi connectivity index (χ1v) is 6.74. The van der Waals surface area contributed by atoms with Crippen molar-refractivity contribution >= 4 is 24.9 Å². The number of pyridine rings is 1. The summed E-state index contributed by atoms with van der Waals surface area (Å²) in [5.41, 5.74) is -0.00874. The summed E-state index contributed by atoms with van der Waals surface area (Å²) in [6.45, 7) is 7.75. The fraction of sp³-hybridized carbons (Fsp3) is 0.500. The van der Waals surface area contributed by atoms with Crippen LogP contribution in [-0.2, 0) is 9.31 Å². The largest absolute Gasteiger partial charge is 0.514 e. The predicted octanol–water partition coefficient (Wildman–Crippen LogP) is 0.553. The van der Waals surface area contributed by atoms with Gasteiger partial charge in [0.1, 0.15) is 0 Å². The maximum Gasteiger partial charge on any atom is 0.514 e. The molecule has 6 nitrogen and oxygen atoms in total. The molecular weight excluding hydrogens is 271 g/mol. The quantitative estimate of drug-likeness (QED) is 0.650. The first kappa shape index (κ1) is 15.7. The van der Waals surface area contributed by atoms with Crippen LogP contribution in [0.2, 0.25) is 0 Å². The van der Waals surface area contributed by atoms with Crippen molar-refractivity contribution in [3.63, 3.8) is 0 Å². The van der Waals surface area contributed by atoms with Crippen LogP contribution in [0.25, 0.3) is 0 Å². The highest BCUT2D eigenvalue weighted by molar-refractivity contribution is 6.61. The average Bonchev–Trinajstić information content (AvgIpc) is 2.66. The normalized spacial score (nSPS) is 19.4. The molecule has 0 spiro atoms. The summed E-state index contributed by atoms with van der Waals surface area (Å²) in [6, 6.07) is 1.53. The summed E-state index contributed by atoms with van der Waals surface area (Å²) in [7, 11) is 0.839. The van der Waals surface area contributed by atoms with Gasteiger partial charge in [-0.25, -0.2) is 0 Å². The van der Waals surface area contributed by atoms with Crippen LogP contribution < -0.4 is 10.9 Å². The van der Waals surface area contributed by atoms with Gasteiger partial charge in [0.2, 0.25) is 0 Å². The second-order valence-corrected chi connectivity index (χ2v) is 5.98. The smallest absolute Gasteiger partial charge is 0.398 e. The minimum Gasteiger partial charge on any atom is -0.398 e. The number of aromatic nitrogens is 1. The van der Waals surface area contributed by atoms with E-state index in [2.05, 4.69) is 10.3 Å². The lowest BCUT2D eigenvalue weighted by Crippen LogP contribution is -2.41. The second-order valence-electron chi connectivity index (χ2n) is 5.98. The minimum absolute atomic E-state index is 0.229. The molecule has 1 N–H and O–H groups in total.